The fourth-order valence-corrected chi connectivity index (χ4v) is 1.08. The van der Waals surface area contributed by atoms with Gasteiger partial charge in [0.05, 0.1) is 11.8 Å². The lowest BCUT2D eigenvalue weighted by Crippen LogP contribution is -2.01. The van der Waals surface area contributed by atoms with Crippen LogP contribution in [0.1, 0.15) is 12.8 Å². The molecule has 0 aliphatic rings. The second kappa shape index (κ2) is 3.46. The first-order valence-corrected chi connectivity index (χ1v) is 4.67. The fourth-order valence-electron chi connectivity index (χ4n) is 0.413. The zero-order chi connectivity index (χ0) is 7.33. The minimum atomic E-state index is -2.85. The summed E-state index contributed by atoms with van der Waals surface area (Å²) in [5, 5.41) is 8.02. The van der Waals surface area contributed by atoms with Crippen molar-refractivity contribution in [2.45, 2.75) is 12.8 Å². The van der Waals surface area contributed by atoms with E-state index < -0.39 is 9.84 Å². The molecule has 0 rings (SSSR count). The Morgan fingerprint density at radius 1 is 1.56 bits per heavy atom. The van der Waals surface area contributed by atoms with Gasteiger partial charge in [0.2, 0.25) is 0 Å². The lowest BCUT2D eigenvalue weighted by atomic mass is 10.4. The van der Waals surface area contributed by atoms with Gasteiger partial charge in [-0.2, -0.15) is 5.26 Å². The Kier molecular flexibility index (Phi) is 3.25. The second-order valence-electron chi connectivity index (χ2n) is 1.89. The lowest BCUT2D eigenvalue weighted by molar-refractivity contribution is 0.599. The smallest absolute Gasteiger partial charge is 0.147 e. The average molecular weight is 147 g/mol. The first-order chi connectivity index (χ1) is 4.06. The molecule has 0 unspecified atom stereocenters. The fraction of sp³-hybridized carbons (Fsp3) is 0.800. The van der Waals surface area contributed by atoms with Crippen LogP contribution in [0.15, 0.2) is 0 Å². The molecule has 0 aromatic carbocycles. The van der Waals surface area contributed by atoms with Gasteiger partial charge in [-0.15, -0.1) is 0 Å². The Morgan fingerprint density at radius 3 is 2.44 bits per heavy atom. The molecular weight excluding hydrogens is 138 g/mol. The molecule has 3 nitrogen and oxygen atoms in total. The van der Waals surface area contributed by atoms with E-state index in [0.717, 1.165) is 0 Å². The van der Waals surface area contributed by atoms with Gasteiger partial charge in [-0.25, -0.2) is 8.42 Å². The van der Waals surface area contributed by atoms with Crippen molar-refractivity contribution in [3.8, 4) is 6.07 Å². The molecule has 0 aromatic rings. The van der Waals surface area contributed by atoms with E-state index in [4.69, 9.17) is 5.26 Å². The van der Waals surface area contributed by atoms with Crippen LogP contribution in [0.2, 0.25) is 0 Å². The SMILES string of the molecule is CS(=O)(=O)CCCC#N. The van der Waals surface area contributed by atoms with Crippen LogP contribution in [-0.2, 0) is 9.84 Å². The maximum Gasteiger partial charge on any atom is 0.147 e. The van der Waals surface area contributed by atoms with Crippen LogP contribution in [0.3, 0.4) is 0 Å². The summed E-state index contributed by atoms with van der Waals surface area (Å²) in [6.07, 6.45) is 1.95. The predicted octanol–water partition coefficient (Wildman–Crippen LogP) is 0.335. The van der Waals surface area contributed by atoms with Crippen LogP contribution in [0.25, 0.3) is 0 Å². The number of rotatable bonds is 3. The molecule has 0 N–H and O–H groups in total. The van der Waals surface area contributed by atoms with Crippen molar-refractivity contribution in [1.29, 1.82) is 5.26 Å². The highest BCUT2D eigenvalue weighted by Crippen LogP contribution is 1.91. The number of hydrogen-bond acceptors (Lipinski definition) is 3. The van der Waals surface area contributed by atoms with Crippen LogP contribution in [0.4, 0.5) is 0 Å². The average Bonchev–Trinajstić information content (AvgIpc) is 1.63. The minimum Gasteiger partial charge on any atom is -0.229 e. The van der Waals surface area contributed by atoms with Gasteiger partial charge >= 0.3 is 0 Å². The maximum atomic E-state index is 10.4. The molecule has 0 radical (unpaired) electrons. The van der Waals surface area contributed by atoms with E-state index in [0.29, 0.717) is 12.8 Å². The van der Waals surface area contributed by atoms with E-state index >= 15 is 0 Å². The number of nitrogens with zero attached hydrogens (tertiary/aromatic N) is 1. The first-order valence-electron chi connectivity index (χ1n) is 2.61. The molecule has 9 heavy (non-hydrogen) atoms. The van der Waals surface area contributed by atoms with Crippen molar-refractivity contribution in [3.63, 3.8) is 0 Å². The number of sulfone groups is 1. The second-order valence-corrected chi connectivity index (χ2v) is 4.15. The van der Waals surface area contributed by atoms with E-state index in [1.54, 1.807) is 0 Å². The molecule has 0 amide bonds. The highest BCUT2D eigenvalue weighted by Gasteiger charge is 1.99. The van der Waals surface area contributed by atoms with Crippen molar-refractivity contribution in [2.24, 2.45) is 0 Å². The molecule has 0 heterocycles. The molecular formula is C5H9NO2S. The van der Waals surface area contributed by atoms with E-state index in [2.05, 4.69) is 0 Å². The topological polar surface area (TPSA) is 57.9 Å². The van der Waals surface area contributed by atoms with Crippen molar-refractivity contribution in [1.82, 2.24) is 0 Å². The Labute approximate surface area is 55.2 Å². The number of hydrogen-bond donors (Lipinski definition) is 0. The summed E-state index contributed by atoms with van der Waals surface area (Å²) in [6.45, 7) is 0. The standard InChI is InChI=1S/C5H9NO2S/c1-9(7,8)5-3-2-4-6/h2-3,5H2,1H3. The number of nitriles is 1. The lowest BCUT2D eigenvalue weighted by Gasteiger charge is -1.90. The Bertz CT molecular complexity index is 199. The van der Waals surface area contributed by atoms with E-state index in [1.807, 2.05) is 6.07 Å². The molecule has 0 spiro atoms. The van der Waals surface area contributed by atoms with E-state index in [1.165, 1.54) is 6.26 Å². The highest BCUT2D eigenvalue weighted by molar-refractivity contribution is 7.90. The molecule has 0 saturated heterocycles. The largest absolute Gasteiger partial charge is 0.229 e. The Balaban J connectivity index is 3.44. The third-order valence-electron chi connectivity index (χ3n) is 0.804. The molecule has 52 valence electrons. The zero-order valence-electron chi connectivity index (χ0n) is 5.29. The zero-order valence-corrected chi connectivity index (χ0v) is 6.11. The van der Waals surface area contributed by atoms with Gasteiger partial charge in [0.15, 0.2) is 0 Å². The molecule has 0 saturated carbocycles. The van der Waals surface area contributed by atoms with Crippen LogP contribution in [0.5, 0.6) is 0 Å². The highest BCUT2D eigenvalue weighted by atomic mass is 32.2. The van der Waals surface area contributed by atoms with Gasteiger partial charge in [-0.05, 0) is 6.42 Å². The summed E-state index contributed by atoms with van der Waals surface area (Å²) in [6, 6.07) is 1.88. The van der Waals surface area contributed by atoms with Crippen molar-refractivity contribution in [2.75, 3.05) is 12.0 Å². The molecule has 0 fully saturated rings. The van der Waals surface area contributed by atoms with Gasteiger partial charge in [-0.3, -0.25) is 0 Å². The summed E-state index contributed by atoms with van der Waals surface area (Å²) in [5.41, 5.74) is 0. The van der Waals surface area contributed by atoms with E-state index in [-0.39, 0.29) is 5.75 Å². The van der Waals surface area contributed by atoms with Crippen molar-refractivity contribution < 1.29 is 8.42 Å². The quantitative estimate of drug-likeness (QED) is 0.541. The van der Waals surface area contributed by atoms with Crippen LogP contribution < -0.4 is 0 Å². The molecule has 0 bridgehead atoms. The monoisotopic (exact) mass is 147 g/mol. The molecule has 4 heteroatoms. The van der Waals surface area contributed by atoms with Gasteiger partial charge in [-0.1, -0.05) is 0 Å². The maximum absolute atomic E-state index is 10.4. The molecule has 0 aromatic heterocycles. The van der Waals surface area contributed by atoms with Crippen molar-refractivity contribution in [3.05, 3.63) is 0 Å². The third-order valence-corrected chi connectivity index (χ3v) is 1.83. The van der Waals surface area contributed by atoms with Gasteiger partial charge in [0, 0.05) is 12.7 Å². The minimum absolute atomic E-state index is 0.126. The van der Waals surface area contributed by atoms with Crippen molar-refractivity contribution >= 4 is 9.84 Å². The molecule has 0 atom stereocenters. The van der Waals surface area contributed by atoms with Crippen LogP contribution in [-0.4, -0.2) is 20.4 Å². The summed E-state index contributed by atoms with van der Waals surface area (Å²) in [4.78, 5) is 0. The van der Waals surface area contributed by atoms with Crippen LogP contribution >= 0.6 is 0 Å². The van der Waals surface area contributed by atoms with Gasteiger partial charge in [0.25, 0.3) is 0 Å². The molecule has 0 aliphatic heterocycles. The summed E-state index contributed by atoms with van der Waals surface area (Å²) < 4.78 is 20.8. The first kappa shape index (κ1) is 8.44. The predicted molar refractivity (Wildman–Crippen MR) is 34.6 cm³/mol. The molecule has 0 aliphatic carbocycles. The number of unbranched alkanes of at least 4 members (excludes halogenated alkanes) is 1. The van der Waals surface area contributed by atoms with Crippen LogP contribution in [0, 0.1) is 11.3 Å². The summed E-state index contributed by atoms with van der Waals surface area (Å²) in [7, 11) is -2.85. The van der Waals surface area contributed by atoms with E-state index in [9.17, 15) is 8.42 Å². The third kappa shape index (κ3) is 7.44. The van der Waals surface area contributed by atoms with Gasteiger partial charge in [0.1, 0.15) is 9.84 Å². The Hall–Kier alpha value is -0.560. The van der Waals surface area contributed by atoms with Gasteiger partial charge < -0.3 is 0 Å². The Morgan fingerprint density at radius 2 is 2.11 bits per heavy atom. The summed E-state index contributed by atoms with van der Waals surface area (Å²) in [5.74, 6) is 0.126. The normalized spacial score (nSPS) is 10.7. The summed E-state index contributed by atoms with van der Waals surface area (Å²) >= 11 is 0.